The molecule has 1 saturated carbocycles. The number of rotatable bonds is 11. The van der Waals surface area contributed by atoms with Crippen LogP contribution in [0.1, 0.15) is 62.5 Å². The summed E-state index contributed by atoms with van der Waals surface area (Å²) >= 11 is 1.56. The second-order valence-corrected chi connectivity index (χ2v) is 10.3. The molecule has 3 atom stereocenters. The molecule has 1 aliphatic carbocycles. The van der Waals surface area contributed by atoms with Crippen LogP contribution < -0.4 is 16.0 Å². The van der Waals surface area contributed by atoms with E-state index in [1.807, 2.05) is 17.3 Å². The van der Waals surface area contributed by atoms with Crippen molar-refractivity contribution in [2.45, 2.75) is 63.5 Å². The zero-order valence-electron chi connectivity index (χ0n) is 20.6. The highest BCUT2D eigenvalue weighted by molar-refractivity contribution is 7.09. The summed E-state index contributed by atoms with van der Waals surface area (Å²) in [5.41, 5.74) is 0. The van der Waals surface area contributed by atoms with Gasteiger partial charge < -0.3 is 30.3 Å². The third-order valence-corrected chi connectivity index (χ3v) is 7.68. The van der Waals surface area contributed by atoms with Gasteiger partial charge in [0.25, 0.3) is 0 Å². The molecular formula is C24H41N5O4S. The summed E-state index contributed by atoms with van der Waals surface area (Å²) in [6.45, 7) is 2.90. The molecule has 1 aromatic rings. The van der Waals surface area contributed by atoms with Crippen LogP contribution in [0.2, 0.25) is 0 Å². The Kier molecular flexibility index (Phi) is 11.4. The fourth-order valence-corrected chi connectivity index (χ4v) is 5.94. The Morgan fingerprint density at radius 1 is 1.24 bits per heavy atom. The summed E-state index contributed by atoms with van der Waals surface area (Å²) < 4.78 is 10.8. The minimum atomic E-state index is -0.473. The molecule has 2 heterocycles. The lowest BCUT2D eigenvalue weighted by molar-refractivity contribution is -0.00875. The Morgan fingerprint density at radius 3 is 2.76 bits per heavy atom. The summed E-state index contributed by atoms with van der Waals surface area (Å²) in [6.07, 6.45) is 10.6. The quantitative estimate of drug-likeness (QED) is 0.406. The van der Waals surface area contributed by atoms with Crippen molar-refractivity contribution >= 4 is 23.5 Å². The number of hydrogen-bond donors (Lipinski definition) is 3. The van der Waals surface area contributed by atoms with Crippen LogP contribution in [0.4, 0.5) is 9.59 Å². The van der Waals surface area contributed by atoms with Gasteiger partial charge in [-0.15, -0.1) is 11.3 Å². The molecule has 3 N–H and O–H groups in total. The number of piperidine rings is 1. The van der Waals surface area contributed by atoms with Gasteiger partial charge in [0.15, 0.2) is 0 Å². The monoisotopic (exact) mass is 495 g/mol. The van der Waals surface area contributed by atoms with Crippen LogP contribution in [-0.4, -0.2) is 75.0 Å². The van der Waals surface area contributed by atoms with Gasteiger partial charge in [-0.25, -0.2) is 14.6 Å². The molecule has 3 amide bonds. The number of thiazole rings is 1. The Morgan fingerprint density at radius 2 is 2.06 bits per heavy atom. The number of carbonyl (C=O) groups excluding carboxylic acids is 2. The van der Waals surface area contributed by atoms with E-state index in [1.54, 1.807) is 17.5 Å². The zero-order valence-corrected chi connectivity index (χ0v) is 21.4. The zero-order chi connectivity index (χ0) is 24.2. The average Bonchev–Trinajstić information content (AvgIpc) is 3.39. The van der Waals surface area contributed by atoms with Gasteiger partial charge in [-0.2, -0.15) is 0 Å². The Hall–Kier alpha value is -1.91. The average molecular weight is 496 g/mol. The number of alkyl carbamates (subject to hydrolysis) is 1. The molecule has 2 aliphatic rings. The van der Waals surface area contributed by atoms with E-state index in [1.165, 1.54) is 39.2 Å². The van der Waals surface area contributed by atoms with Crippen molar-refractivity contribution in [3.05, 3.63) is 16.6 Å². The van der Waals surface area contributed by atoms with Gasteiger partial charge in [-0.3, -0.25) is 0 Å². The molecule has 192 valence electrons. The maximum Gasteiger partial charge on any atom is 0.406 e. The smallest absolute Gasteiger partial charge is 0.406 e. The fourth-order valence-electron chi connectivity index (χ4n) is 5.17. The van der Waals surface area contributed by atoms with Crippen LogP contribution in [0, 0.1) is 11.8 Å². The molecule has 0 radical (unpaired) electrons. The van der Waals surface area contributed by atoms with Gasteiger partial charge in [0.05, 0.1) is 13.7 Å². The van der Waals surface area contributed by atoms with Gasteiger partial charge in [-0.1, -0.05) is 32.1 Å². The van der Waals surface area contributed by atoms with E-state index in [9.17, 15) is 9.59 Å². The van der Waals surface area contributed by atoms with E-state index in [2.05, 4.69) is 25.7 Å². The van der Waals surface area contributed by atoms with Crippen LogP contribution in [0.3, 0.4) is 0 Å². The van der Waals surface area contributed by atoms with Crippen molar-refractivity contribution in [2.24, 2.45) is 11.8 Å². The lowest BCUT2D eigenvalue weighted by atomic mass is 9.85. The van der Waals surface area contributed by atoms with Crippen molar-refractivity contribution < 1.29 is 19.1 Å². The molecule has 1 aliphatic heterocycles. The lowest BCUT2D eigenvalue weighted by Gasteiger charge is -2.37. The molecule has 1 saturated heterocycles. The van der Waals surface area contributed by atoms with Gasteiger partial charge in [0, 0.05) is 49.7 Å². The van der Waals surface area contributed by atoms with Gasteiger partial charge in [0.2, 0.25) is 0 Å². The fraction of sp³-hybridized carbons (Fsp3) is 0.792. The van der Waals surface area contributed by atoms with E-state index in [0.29, 0.717) is 25.6 Å². The Bertz CT molecular complexity index is 729. The van der Waals surface area contributed by atoms with Crippen LogP contribution in [0.25, 0.3) is 0 Å². The first-order valence-electron chi connectivity index (χ1n) is 12.6. The molecule has 10 heteroatoms. The number of likely N-dealkylation sites (tertiary alicyclic amines) is 1. The molecule has 9 nitrogen and oxygen atoms in total. The number of amides is 3. The maximum absolute atomic E-state index is 13.2. The van der Waals surface area contributed by atoms with E-state index in [-0.39, 0.29) is 24.1 Å². The second kappa shape index (κ2) is 14.5. The summed E-state index contributed by atoms with van der Waals surface area (Å²) in [5, 5.41) is 12.1. The minimum Gasteiger partial charge on any atom is -0.453 e. The number of methoxy groups -OCH3 is 1. The van der Waals surface area contributed by atoms with Crippen molar-refractivity contribution in [3.8, 4) is 0 Å². The second-order valence-electron chi connectivity index (χ2n) is 9.37. The number of urea groups is 1. The number of ether oxygens (including phenoxy) is 2. The third-order valence-electron chi connectivity index (χ3n) is 6.84. The van der Waals surface area contributed by atoms with Crippen LogP contribution in [0.5, 0.6) is 0 Å². The molecule has 2 fully saturated rings. The standard InChI is InChI=1S/C24H41N5O4S/c1-25-16-20(15-18-7-4-3-5-8-18)28-23(30)29-12-6-9-19(17-29)21(22-26-11-14-34-22)33-13-10-27-24(31)32-2/h11,14,18-21,25H,3-10,12-13,15-17H2,1-2H3,(H,27,31)(H,28,30). The Balaban J connectivity index is 1.55. The van der Waals surface area contributed by atoms with Crippen molar-refractivity contribution in [2.75, 3.05) is 46.9 Å². The summed E-state index contributed by atoms with van der Waals surface area (Å²) in [7, 11) is 3.29. The molecule has 0 spiro atoms. The third kappa shape index (κ3) is 8.39. The van der Waals surface area contributed by atoms with E-state index < -0.39 is 6.09 Å². The summed E-state index contributed by atoms with van der Waals surface area (Å²) in [4.78, 5) is 31.0. The number of nitrogens with zero attached hydrogens (tertiary/aromatic N) is 2. The van der Waals surface area contributed by atoms with E-state index in [0.717, 1.165) is 37.4 Å². The molecule has 0 bridgehead atoms. The topological polar surface area (TPSA) is 105 Å². The first-order valence-corrected chi connectivity index (χ1v) is 13.5. The minimum absolute atomic E-state index is 0.0195. The van der Waals surface area contributed by atoms with Crippen molar-refractivity contribution in [1.82, 2.24) is 25.8 Å². The molecular weight excluding hydrogens is 454 g/mol. The molecule has 3 rings (SSSR count). The highest BCUT2D eigenvalue weighted by Gasteiger charge is 2.33. The molecule has 1 aromatic heterocycles. The highest BCUT2D eigenvalue weighted by atomic mass is 32.1. The van der Waals surface area contributed by atoms with Crippen LogP contribution >= 0.6 is 11.3 Å². The predicted molar refractivity (Wildman–Crippen MR) is 133 cm³/mol. The number of likely N-dealkylation sites (N-methyl/N-ethyl adjacent to an activating group) is 1. The molecule has 0 aromatic carbocycles. The summed E-state index contributed by atoms with van der Waals surface area (Å²) in [6, 6.07) is 0.169. The normalized spacial score (nSPS) is 21.0. The molecule has 34 heavy (non-hydrogen) atoms. The molecule has 3 unspecified atom stereocenters. The van der Waals surface area contributed by atoms with Crippen LogP contribution in [0.15, 0.2) is 11.6 Å². The van der Waals surface area contributed by atoms with Crippen molar-refractivity contribution in [3.63, 3.8) is 0 Å². The van der Waals surface area contributed by atoms with Gasteiger partial charge in [0.1, 0.15) is 11.1 Å². The summed E-state index contributed by atoms with van der Waals surface area (Å²) in [5.74, 6) is 0.868. The van der Waals surface area contributed by atoms with Gasteiger partial charge in [-0.05, 0) is 32.2 Å². The lowest BCUT2D eigenvalue weighted by Crippen LogP contribution is -2.52. The number of nitrogens with one attached hydrogen (secondary N) is 3. The van der Waals surface area contributed by atoms with Crippen molar-refractivity contribution in [1.29, 1.82) is 0 Å². The van der Waals surface area contributed by atoms with Crippen LogP contribution in [-0.2, 0) is 9.47 Å². The largest absolute Gasteiger partial charge is 0.453 e. The number of hydrogen-bond acceptors (Lipinski definition) is 7. The first kappa shape index (κ1) is 26.7. The van der Waals surface area contributed by atoms with Gasteiger partial charge >= 0.3 is 12.1 Å². The predicted octanol–water partition coefficient (Wildman–Crippen LogP) is 3.54. The first-order chi connectivity index (χ1) is 16.6. The van der Waals surface area contributed by atoms with E-state index >= 15 is 0 Å². The number of aromatic nitrogens is 1. The highest BCUT2D eigenvalue weighted by Crippen LogP contribution is 2.34. The SMILES string of the molecule is CNCC(CC1CCCCC1)NC(=O)N1CCCC(C(OCCNC(=O)OC)c2nccs2)C1. The van der Waals surface area contributed by atoms with E-state index in [4.69, 9.17) is 4.74 Å². The maximum atomic E-state index is 13.2. The number of carbonyl (C=O) groups is 2. The Labute approximate surface area is 207 Å².